The summed E-state index contributed by atoms with van der Waals surface area (Å²) in [6.45, 7) is 3.54. The van der Waals surface area contributed by atoms with Crippen molar-refractivity contribution in [2.24, 2.45) is 0 Å². The summed E-state index contributed by atoms with van der Waals surface area (Å²) in [6, 6.07) is 6.42. The summed E-state index contributed by atoms with van der Waals surface area (Å²) in [7, 11) is 4.02. The van der Waals surface area contributed by atoms with Gasteiger partial charge in [0, 0.05) is 16.7 Å². The predicted octanol–water partition coefficient (Wildman–Crippen LogP) is 3.61. The van der Waals surface area contributed by atoms with Gasteiger partial charge in [-0.3, -0.25) is 19.2 Å². The fourth-order valence-electron chi connectivity index (χ4n) is 4.17. The molecule has 0 atom stereocenters. The van der Waals surface area contributed by atoms with Gasteiger partial charge in [-0.05, 0) is 55.3 Å². The van der Waals surface area contributed by atoms with Gasteiger partial charge < -0.3 is 14.2 Å². The summed E-state index contributed by atoms with van der Waals surface area (Å²) < 4.78 is 16.0. The fourth-order valence-corrected chi connectivity index (χ4v) is 4.17. The van der Waals surface area contributed by atoms with Crippen LogP contribution in [-0.4, -0.2) is 44.5 Å². The van der Waals surface area contributed by atoms with Gasteiger partial charge in [-0.25, -0.2) is 0 Å². The van der Waals surface area contributed by atoms with Crippen LogP contribution in [0, 0.1) is 13.8 Å². The third-order valence-electron chi connectivity index (χ3n) is 5.55. The Morgan fingerprint density at radius 1 is 0.625 bits per heavy atom. The number of hydrogen-bond acceptors (Lipinski definition) is 7. The zero-order valence-corrected chi connectivity index (χ0v) is 18.2. The van der Waals surface area contributed by atoms with E-state index in [9.17, 15) is 19.2 Å². The smallest absolute Gasteiger partial charge is 0.229 e. The van der Waals surface area contributed by atoms with Gasteiger partial charge in [0.05, 0.1) is 38.0 Å². The highest BCUT2D eigenvalue weighted by atomic mass is 16.5. The van der Waals surface area contributed by atoms with Gasteiger partial charge in [0.1, 0.15) is 11.5 Å². The molecule has 0 N–H and O–H groups in total. The van der Waals surface area contributed by atoms with Crippen molar-refractivity contribution in [3.63, 3.8) is 0 Å². The lowest BCUT2D eigenvalue weighted by Crippen LogP contribution is -2.29. The Hall–Kier alpha value is -4.00. The number of hydrogen-bond donors (Lipinski definition) is 0. The lowest BCUT2D eigenvalue weighted by atomic mass is 9.78. The fraction of sp³-hybridized carbons (Fsp3) is 0.200. The van der Waals surface area contributed by atoms with E-state index in [1.54, 1.807) is 38.1 Å². The molecule has 2 aliphatic rings. The third kappa shape index (κ3) is 2.97. The van der Waals surface area contributed by atoms with E-state index in [1.165, 1.54) is 21.3 Å². The van der Waals surface area contributed by atoms with Gasteiger partial charge in [-0.15, -0.1) is 0 Å². The number of methoxy groups -OCH3 is 3. The average Bonchev–Trinajstić information content (AvgIpc) is 2.77. The summed E-state index contributed by atoms with van der Waals surface area (Å²) in [6.07, 6.45) is 1.08. The second-order valence-corrected chi connectivity index (χ2v) is 7.60. The molecule has 0 amide bonds. The number of benzene rings is 2. The third-order valence-corrected chi connectivity index (χ3v) is 5.55. The van der Waals surface area contributed by atoms with E-state index in [4.69, 9.17) is 14.2 Å². The van der Waals surface area contributed by atoms with Gasteiger partial charge in [-0.1, -0.05) is 0 Å². The quantitative estimate of drug-likeness (QED) is 0.728. The van der Waals surface area contributed by atoms with Crippen LogP contribution in [0.25, 0.3) is 0 Å². The Labute approximate surface area is 184 Å². The summed E-state index contributed by atoms with van der Waals surface area (Å²) >= 11 is 0. The van der Waals surface area contributed by atoms with Crippen LogP contribution in [0.5, 0.6) is 11.5 Å². The van der Waals surface area contributed by atoms with Gasteiger partial charge in [0.15, 0.2) is 17.3 Å². The molecule has 0 unspecified atom stereocenters. The molecule has 2 aromatic rings. The summed E-state index contributed by atoms with van der Waals surface area (Å²) in [4.78, 5) is 53.3. The molecule has 162 valence electrons. The molecule has 0 bridgehead atoms. The van der Waals surface area contributed by atoms with Crippen molar-refractivity contribution in [1.29, 1.82) is 0 Å². The van der Waals surface area contributed by atoms with Crippen LogP contribution in [0.4, 0.5) is 0 Å². The number of rotatable bonds is 4. The van der Waals surface area contributed by atoms with E-state index < -0.39 is 23.1 Å². The first kappa shape index (κ1) is 21.2. The van der Waals surface area contributed by atoms with Crippen LogP contribution in [0.15, 0.2) is 47.2 Å². The number of fused-ring (bicyclic) bond motifs is 2. The normalized spacial score (nSPS) is 15.3. The van der Waals surface area contributed by atoms with Crippen molar-refractivity contribution in [1.82, 2.24) is 0 Å². The number of Topliss-reactive ketones (excluding diaryl/α,β-unsaturated/α-hetero) is 3. The first-order chi connectivity index (χ1) is 15.2. The molecule has 7 heteroatoms. The van der Waals surface area contributed by atoms with E-state index in [0.717, 1.165) is 17.2 Å². The largest absolute Gasteiger partial charge is 0.496 e. The summed E-state index contributed by atoms with van der Waals surface area (Å²) in [5.41, 5.74) is 1.36. The zero-order valence-electron chi connectivity index (χ0n) is 18.2. The Morgan fingerprint density at radius 2 is 1.16 bits per heavy atom. The van der Waals surface area contributed by atoms with E-state index in [-0.39, 0.29) is 50.7 Å². The van der Waals surface area contributed by atoms with Crippen LogP contribution < -0.4 is 9.47 Å². The van der Waals surface area contributed by atoms with Gasteiger partial charge >= 0.3 is 0 Å². The van der Waals surface area contributed by atoms with E-state index in [0.29, 0.717) is 0 Å². The van der Waals surface area contributed by atoms with Crippen molar-refractivity contribution >= 4 is 23.1 Å². The van der Waals surface area contributed by atoms with E-state index in [1.807, 2.05) is 0 Å². The SMILES string of the molecule is COC1=C(C2=CC(=O)c3cc(C)cc(OC)c3C2=O)C(=O)c2c(OC)cc(C)cc2C1=O. The summed E-state index contributed by atoms with van der Waals surface area (Å²) in [5, 5.41) is 0. The molecule has 0 radical (unpaired) electrons. The second-order valence-electron chi connectivity index (χ2n) is 7.60. The first-order valence-electron chi connectivity index (χ1n) is 9.79. The molecule has 2 aliphatic carbocycles. The summed E-state index contributed by atoms with van der Waals surface area (Å²) in [5.74, 6) is -2.14. The van der Waals surface area contributed by atoms with Crippen molar-refractivity contribution in [2.45, 2.75) is 13.8 Å². The molecular formula is C25H20O7. The Bertz CT molecular complexity index is 1310. The first-order valence-corrected chi connectivity index (χ1v) is 9.79. The Kier molecular flexibility index (Phi) is 5.05. The van der Waals surface area contributed by atoms with Crippen molar-refractivity contribution < 1.29 is 33.4 Å². The number of ether oxygens (including phenoxy) is 3. The monoisotopic (exact) mass is 432 g/mol. The number of carbonyl (C=O) groups is 4. The molecule has 0 saturated carbocycles. The molecule has 4 rings (SSSR count). The molecule has 0 spiro atoms. The Morgan fingerprint density at radius 3 is 1.69 bits per heavy atom. The van der Waals surface area contributed by atoms with Gasteiger partial charge in [0.2, 0.25) is 11.6 Å². The minimum absolute atomic E-state index is 0.0294. The number of allylic oxidation sites excluding steroid dienone is 4. The molecular weight excluding hydrogens is 412 g/mol. The van der Waals surface area contributed by atoms with Crippen molar-refractivity contribution in [3.05, 3.63) is 80.6 Å². The van der Waals surface area contributed by atoms with E-state index >= 15 is 0 Å². The Balaban J connectivity index is 1.98. The minimum atomic E-state index is -0.629. The highest BCUT2D eigenvalue weighted by molar-refractivity contribution is 6.36. The standard InChI is InChI=1S/C25H20O7/c1-11-6-13-16(26)10-15(22(27)19(13)17(8-11)30-3)21-24(29)20-14(23(28)25(21)32-5)7-12(2)9-18(20)31-4/h6-10H,1-5H3. The average molecular weight is 432 g/mol. The van der Waals surface area contributed by atoms with Crippen LogP contribution in [0.3, 0.4) is 0 Å². The van der Waals surface area contributed by atoms with Crippen LogP contribution in [0.1, 0.15) is 52.6 Å². The molecule has 7 nitrogen and oxygen atoms in total. The van der Waals surface area contributed by atoms with Crippen molar-refractivity contribution in [3.8, 4) is 11.5 Å². The van der Waals surface area contributed by atoms with Crippen LogP contribution >= 0.6 is 0 Å². The number of ketones is 4. The molecule has 0 fully saturated rings. The maximum atomic E-state index is 13.6. The second kappa shape index (κ2) is 7.60. The number of carbonyl (C=O) groups excluding carboxylic acids is 4. The van der Waals surface area contributed by atoms with E-state index in [2.05, 4.69) is 0 Å². The maximum absolute atomic E-state index is 13.6. The highest BCUT2D eigenvalue weighted by Crippen LogP contribution is 2.40. The van der Waals surface area contributed by atoms with Gasteiger partial charge in [-0.2, -0.15) is 0 Å². The molecule has 0 saturated heterocycles. The highest BCUT2D eigenvalue weighted by Gasteiger charge is 2.42. The molecule has 2 aromatic carbocycles. The molecule has 0 aliphatic heterocycles. The lowest BCUT2D eigenvalue weighted by molar-refractivity contribution is 0.0899. The van der Waals surface area contributed by atoms with Gasteiger partial charge in [0.25, 0.3) is 0 Å². The maximum Gasteiger partial charge on any atom is 0.229 e. The zero-order chi connectivity index (χ0) is 23.3. The number of aryl methyl sites for hydroxylation is 2. The van der Waals surface area contributed by atoms with Crippen LogP contribution in [0.2, 0.25) is 0 Å². The molecule has 0 aromatic heterocycles. The topological polar surface area (TPSA) is 96.0 Å². The lowest BCUT2D eigenvalue weighted by Gasteiger charge is -2.25. The van der Waals surface area contributed by atoms with Crippen molar-refractivity contribution in [2.75, 3.05) is 21.3 Å². The predicted molar refractivity (Wildman–Crippen MR) is 115 cm³/mol. The molecule has 0 heterocycles. The minimum Gasteiger partial charge on any atom is -0.496 e. The van der Waals surface area contributed by atoms with Crippen LogP contribution in [-0.2, 0) is 4.74 Å². The molecule has 32 heavy (non-hydrogen) atoms.